The van der Waals surface area contributed by atoms with Gasteiger partial charge in [0.2, 0.25) is 0 Å². The Morgan fingerprint density at radius 2 is 1.51 bits per heavy atom. The average molecular weight is 644 g/mol. The van der Waals surface area contributed by atoms with Gasteiger partial charge in [-0.1, -0.05) is 37.5 Å². The summed E-state index contributed by atoms with van der Waals surface area (Å²) >= 11 is 0. The van der Waals surface area contributed by atoms with E-state index >= 15 is 0 Å². The van der Waals surface area contributed by atoms with Gasteiger partial charge < -0.3 is 10.2 Å². The Labute approximate surface area is 266 Å². The maximum Gasteiger partial charge on any atom is 0.511 e. The lowest BCUT2D eigenvalue weighted by Crippen LogP contribution is -2.36. The second-order valence-electron chi connectivity index (χ2n) is 11.4. The Balaban J connectivity index is 1.86. The quantitative estimate of drug-likeness (QED) is 0.234. The van der Waals surface area contributed by atoms with Crippen molar-refractivity contribution in [3.8, 4) is 0 Å². The summed E-state index contributed by atoms with van der Waals surface area (Å²) < 4.78 is 68.3. The molecule has 4 rings (SSSR count). The van der Waals surface area contributed by atoms with Crippen molar-refractivity contribution in [2.75, 3.05) is 36.4 Å². The minimum absolute atomic E-state index is 0.271. The minimum Gasteiger partial charge on any atom is -0.382 e. The molecule has 2 aliphatic rings. The number of halogens is 3. The van der Waals surface area contributed by atoms with Crippen LogP contribution in [-0.2, 0) is 16.6 Å². The fourth-order valence-electron chi connectivity index (χ4n) is 6.14. The first-order valence-corrected chi connectivity index (χ1v) is 17.5. The van der Waals surface area contributed by atoms with Gasteiger partial charge in [-0.05, 0) is 105 Å². The molecule has 45 heavy (non-hydrogen) atoms. The molecule has 0 atom stereocenters. The van der Waals surface area contributed by atoms with E-state index in [1.54, 1.807) is 6.07 Å². The molecule has 0 unspecified atom stereocenters. The number of sulfonamides is 1. The highest BCUT2D eigenvalue weighted by Gasteiger charge is 2.45. The van der Waals surface area contributed by atoms with Crippen molar-refractivity contribution in [3.63, 3.8) is 0 Å². The summed E-state index contributed by atoms with van der Waals surface area (Å²) in [4.78, 5) is 2.24. The predicted molar refractivity (Wildman–Crippen MR) is 179 cm³/mol. The van der Waals surface area contributed by atoms with Gasteiger partial charge in [-0.15, -0.1) is 0 Å². The highest BCUT2D eigenvalue weighted by atomic mass is 32.2. The van der Waals surface area contributed by atoms with Crippen molar-refractivity contribution < 1.29 is 26.2 Å². The number of allylic oxidation sites excluding steroid dienone is 5. The first-order valence-electron chi connectivity index (χ1n) is 16.0. The lowest BCUT2D eigenvalue weighted by atomic mass is 9.87. The number of hydrogen-bond acceptors (Lipinski definition) is 4. The van der Waals surface area contributed by atoms with E-state index < -0.39 is 22.1 Å². The molecule has 244 valence electrons. The van der Waals surface area contributed by atoms with Gasteiger partial charge in [-0.3, -0.25) is 0 Å². The molecule has 0 bridgehead atoms. The van der Waals surface area contributed by atoms with Crippen LogP contribution in [-0.4, -0.2) is 56.4 Å². The third-order valence-electron chi connectivity index (χ3n) is 8.68. The zero-order valence-electron chi connectivity index (χ0n) is 26.8. The fraction of sp³-hybridized carbons (Fsp3) is 0.457. The van der Waals surface area contributed by atoms with E-state index in [1.165, 1.54) is 6.42 Å². The highest BCUT2D eigenvalue weighted by Crippen LogP contribution is 2.35. The molecular weight excluding hydrogens is 597 g/mol. The van der Waals surface area contributed by atoms with Gasteiger partial charge in [0.25, 0.3) is 0 Å². The molecule has 10 heteroatoms. The maximum atomic E-state index is 13.4. The van der Waals surface area contributed by atoms with Crippen LogP contribution in [0.5, 0.6) is 0 Å². The van der Waals surface area contributed by atoms with Crippen LogP contribution in [0.25, 0.3) is 5.57 Å². The van der Waals surface area contributed by atoms with Gasteiger partial charge in [0, 0.05) is 49.2 Å². The molecule has 0 saturated heterocycles. The molecule has 2 aromatic rings. The largest absolute Gasteiger partial charge is 0.511 e. The summed E-state index contributed by atoms with van der Waals surface area (Å²) in [6.07, 6.45) is 13.6. The van der Waals surface area contributed by atoms with Crippen molar-refractivity contribution in [3.05, 3.63) is 89.0 Å². The van der Waals surface area contributed by atoms with Crippen molar-refractivity contribution in [1.29, 1.82) is 0 Å². The van der Waals surface area contributed by atoms with E-state index in [9.17, 15) is 21.6 Å². The van der Waals surface area contributed by atoms with Crippen molar-refractivity contribution in [1.82, 2.24) is 4.72 Å². The van der Waals surface area contributed by atoms with Crippen LogP contribution in [0.1, 0.15) is 76.5 Å². The summed E-state index contributed by atoms with van der Waals surface area (Å²) in [5, 5.41) is 3.54. The van der Waals surface area contributed by atoms with Gasteiger partial charge in [-0.25, -0.2) is 17.7 Å². The highest BCUT2D eigenvalue weighted by molar-refractivity contribution is 7.90. The third-order valence-corrected chi connectivity index (χ3v) is 9.81. The van der Waals surface area contributed by atoms with Crippen LogP contribution in [0.4, 0.5) is 24.5 Å². The molecule has 2 N–H and O–H groups in total. The minimum atomic E-state index is -5.54. The van der Waals surface area contributed by atoms with E-state index in [2.05, 4.69) is 66.8 Å². The monoisotopic (exact) mass is 643 g/mol. The molecule has 2 aromatic carbocycles. The molecule has 0 aromatic heterocycles. The SMILES string of the molecule is CCN(CC)c1ccc(C(=C2C=CC(=[N+](CC)CC)C=C2)c2ccc(NC3CCCCC3)cc2CNS(=O)(=O)C(F)(F)F)cc1. The van der Waals surface area contributed by atoms with Crippen molar-refractivity contribution in [2.24, 2.45) is 0 Å². The molecule has 0 amide bonds. The summed E-state index contributed by atoms with van der Waals surface area (Å²) in [7, 11) is -5.54. The Bertz CT molecular complexity index is 1520. The fourth-order valence-corrected chi connectivity index (χ4v) is 6.65. The molecule has 1 saturated carbocycles. The number of anilines is 2. The molecular formula is C35H46F3N4O2S+. The van der Waals surface area contributed by atoms with Gasteiger partial charge in [0.05, 0.1) is 0 Å². The van der Waals surface area contributed by atoms with Gasteiger partial charge in [-0.2, -0.15) is 13.2 Å². The number of rotatable bonds is 12. The molecule has 1 fully saturated rings. The van der Waals surface area contributed by atoms with E-state index in [0.717, 1.165) is 85.7 Å². The lowest BCUT2D eigenvalue weighted by molar-refractivity contribution is -0.519. The van der Waals surface area contributed by atoms with Crippen LogP contribution in [0.3, 0.4) is 0 Å². The van der Waals surface area contributed by atoms with Crippen molar-refractivity contribution in [2.45, 2.75) is 77.9 Å². The zero-order valence-corrected chi connectivity index (χ0v) is 27.6. The lowest BCUT2D eigenvalue weighted by Gasteiger charge is -2.25. The van der Waals surface area contributed by atoms with Gasteiger partial charge >= 0.3 is 15.5 Å². The summed E-state index contributed by atoms with van der Waals surface area (Å²) in [5.41, 5.74) is 1.22. The third kappa shape index (κ3) is 8.47. The Morgan fingerprint density at radius 3 is 2.07 bits per heavy atom. The van der Waals surface area contributed by atoms with Crippen molar-refractivity contribution >= 4 is 32.7 Å². The summed E-state index contributed by atoms with van der Waals surface area (Å²) in [6, 6.07) is 14.1. The van der Waals surface area contributed by atoms with E-state index in [1.807, 2.05) is 41.1 Å². The molecule has 0 heterocycles. The summed E-state index contributed by atoms with van der Waals surface area (Å²) in [6.45, 7) is 11.3. The van der Waals surface area contributed by atoms with Crippen LogP contribution >= 0.6 is 0 Å². The zero-order chi connectivity index (χ0) is 32.6. The standard InChI is InChI=1S/C35H45F3N4O2S/c1-5-41(6-2)31-19-14-26(15-20-31)34(27-16-21-32(22-17-27)42(7-3)8-4)33-23-18-30(40-29-12-10-9-11-13-29)24-28(33)25-39-45(43,44)35(36,37)38/h14-24,29,39H,5-13,25H2,1-4H3/p+1. The Kier molecular flexibility index (Phi) is 11.7. The topological polar surface area (TPSA) is 64.5 Å². The number of benzene rings is 2. The first-order chi connectivity index (χ1) is 21.5. The molecule has 0 spiro atoms. The number of nitrogens with zero attached hydrogens (tertiary/aromatic N) is 2. The van der Waals surface area contributed by atoms with Gasteiger partial charge in [0.15, 0.2) is 5.71 Å². The predicted octanol–water partition coefficient (Wildman–Crippen LogP) is 7.64. The van der Waals surface area contributed by atoms with Crippen LogP contribution < -0.4 is 14.9 Å². The molecule has 6 nitrogen and oxygen atoms in total. The van der Waals surface area contributed by atoms with Crippen LogP contribution in [0, 0.1) is 0 Å². The van der Waals surface area contributed by atoms with E-state index in [-0.39, 0.29) is 6.04 Å². The average Bonchev–Trinajstić information content (AvgIpc) is 3.03. The number of nitrogens with one attached hydrogen (secondary N) is 2. The van der Waals surface area contributed by atoms with Crippen LogP contribution in [0.15, 0.2) is 72.3 Å². The second-order valence-corrected chi connectivity index (χ2v) is 13.2. The first kappa shape index (κ1) is 34.5. The normalized spacial score (nSPS) is 15.8. The van der Waals surface area contributed by atoms with Crippen LogP contribution in [0.2, 0.25) is 0 Å². The van der Waals surface area contributed by atoms with E-state index in [0.29, 0.717) is 11.1 Å². The molecule has 0 aliphatic heterocycles. The second kappa shape index (κ2) is 15.3. The number of hydrogen-bond donors (Lipinski definition) is 2. The Morgan fingerprint density at radius 1 is 0.889 bits per heavy atom. The smallest absolute Gasteiger partial charge is 0.382 e. The molecule has 0 radical (unpaired) electrons. The maximum absolute atomic E-state index is 13.4. The summed E-state index contributed by atoms with van der Waals surface area (Å²) in [5.74, 6) is 0. The molecule has 2 aliphatic carbocycles. The number of alkyl halides is 3. The van der Waals surface area contributed by atoms with Gasteiger partial charge in [0.1, 0.15) is 13.1 Å². The van der Waals surface area contributed by atoms with E-state index in [4.69, 9.17) is 0 Å². The Hall–Kier alpha value is -3.37.